The van der Waals surface area contributed by atoms with Gasteiger partial charge in [-0.3, -0.25) is 4.79 Å². The van der Waals surface area contributed by atoms with Crippen molar-refractivity contribution in [3.63, 3.8) is 0 Å². The summed E-state index contributed by atoms with van der Waals surface area (Å²) in [6.45, 7) is 2.27. The number of rotatable bonds is 4. The van der Waals surface area contributed by atoms with Crippen LogP contribution in [0.25, 0.3) is 0 Å². The Hall–Kier alpha value is -2.56. The molecule has 0 saturated carbocycles. The molecule has 1 aromatic heterocycles. The molecule has 0 amide bonds. The number of anilines is 1. The topological polar surface area (TPSA) is 81.1 Å². The van der Waals surface area contributed by atoms with E-state index in [0.717, 1.165) is 23.2 Å². The van der Waals surface area contributed by atoms with Crippen LogP contribution in [0, 0.1) is 12.3 Å². The van der Waals surface area contributed by atoms with E-state index in [1.54, 1.807) is 17.7 Å². The summed E-state index contributed by atoms with van der Waals surface area (Å²) < 4.78 is 6.71. The summed E-state index contributed by atoms with van der Waals surface area (Å²) >= 11 is 0. The third-order valence-corrected chi connectivity index (χ3v) is 3.22. The zero-order valence-electron chi connectivity index (χ0n) is 11.5. The summed E-state index contributed by atoms with van der Waals surface area (Å²) in [7, 11) is 1.61. The standard InChI is InChI=1S/C15H17N3O2/c1-10-7-14(17)13(8-16)15(19)18(10)9-11-3-5-12(20-2)6-4-11/h3-8,16H,9,17H2,1-2H3. The molecule has 1 aromatic carbocycles. The molecular formula is C15H17N3O2. The van der Waals surface area contributed by atoms with Gasteiger partial charge in [-0.2, -0.15) is 0 Å². The molecule has 5 heteroatoms. The van der Waals surface area contributed by atoms with Crippen molar-refractivity contribution >= 4 is 11.9 Å². The Morgan fingerprint density at radius 1 is 1.35 bits per heavy atom. The van der Waals surface area contributed by atoms with E-state index in [1.165, 1.54) is 0 Å². The van der Waals surface area contributed by atoms with Gasteiger partial charge in [0.2, 0.25) is 0 Å². The van der Waals surface area contributed by atoms with Crippen molar-refractivity contribution in [3.8, 4) is 5.75 Å². The highest BCUT2D eigenvalue weighted by atomic mass is 16.5. The fraction of sp³-hybridized carbons (Fsp3) is 0.200. The van der Waals surface area contributed by atoms with Crippen LogP contribution >= 0.6 is 0 Å². The lowest BCUT2D eigenvalue weighted by atomic mass is 10.1. The minimum atomic E-state index is -0.242. The Labute approximate surface area is 117 Å². The van der Waals surface area contributed by atoms with Crippen LogP contribution in [0.4, 0.5) is 5.69 Å². The molecule has 0 bridgehead atoms. The van der Waals surface area contributed by atoms with Crippen LogP contribution in [0.3, 0.4) is 0 Å². The predicted octanol–water partition coefficient (Wildman–Crippen LogP) is 1.79. The van der Waals surface area contributed by atoms with Gasteiger partial charge >= 0.3 is 0 Å². The van der Waals surface area contributed by atoms with E-state index in [2.05, 4.69) is 0 Å². The summed E-state index contributed by atoms with van der Waals surface area (Å²) in [6.07, 6.45) is 1.00. The highest BCUT2D eigenvalue weighted by Gasteiger charge is 2.09. The molecule has 0 aliphatic rings. The SMILES string of the molecule is COc1ccc(Cn2c(C)cc(N)c(C=N)c2=O)cc1. The average Bonchev–Trinajstić information content (AvgIpc) is 2.44. The second-order valence-electron chi connectivity index (χ2n) is 4.54. The highest BCUT2D eigenvalue weighted by molar-refractivity contribution is 5.84. The molecule has 2 rings (SSSR count). The van der Waals surface area contributed by atoms with Gasteiger partial charge in [0.05, 0.1) is 19.2 Å². The Bertz CT molecular complexity index is 688. The van der Waals surface area contributed by atoms with Crippen LogP contribution in [-0.4, -0.2) is 17.9 Å². The third kappa shape index (κ3) is 2.56. The van der Waals surface area contributed by atoms with Crippen molar-refractivity contribution in [2.24, 2.45) is 0 Å². The maximum atomic E-state index is 12.3. The molecule has 0 radical (unpaired) electrons. The lowest BCUT2D eigenvalue weighted by molar-refractivity contribution is 0.414. The molecule has 1 heterocycles. The second kappa shape index (κ2) is 5.61. The maximum Gasteiger partial charge on any atom is 0.261 e. The second-order valence-corrected chi connectivity index (χ2v) is 4.54. The molecule has 0 atom stereocenters. The Morgan fingerprint density at radius 3 is 2.55 bits per heavy atom. The molecule has 0 aliphatic carbocycles. The van der Waals surface area contributed by atoms with E-state index >= 15 is 0 Å². The van der Waals surface area contributed by atoms with Crippen LogP contribution < -0.4 is 16.0 Å². The van der Waals surface area contributed by atoms with Gasteiger partial charge in [-0.05, 0) is 30.7 Å². The summed E-state index contributed by atoms with van der Waals surface area (Å²) in [5.74, 6) is 0.773. The Kier molecular flexibility index (Phi) is 3.89. The quantitative estimate of drug-likeness (QED) is 0.832. The summed E-state index contributed by atoms with van der Waals surface area (Å²) in [5.41, 5.74) is 7.83. The van der Waals surface area contributed by atoms with Gasteiger partial charge in [0, 0.05) is 17.6 Å². The lowest BCUT2D eigenvalue weighted by Gasteiger charge is -2.13. The van der Waals surface area contributed by atoms with Gasteiger partial charge in [0.15, 0.2) is 0 Å². The third-order valence-electron chi connectivity index (χ3n) is 3.22. The van der Waals surface area contributed by atoms with E-state index in [9.17, 15) is 4.79 Å². The fourth-order valence-corrected chi connectivity index (χ4v) is 2.06. The largest absolute Gasteiger partial charge is 0.497 e. The predicted molar refractivity (Wildman–Crippen MR) is 79.8 cm³/mol. The van der Waals surface area contributed by atoms with Crippen molar-refractivity contribution < 1.29 is 4.74 Å². The average molecular weight is 271 g/mol. The first-order chi connectivity index (χ1) is 9.56. The molecule has 104 valence electrons. The normalized spacial score (nSPS) is 10.3. The molecule has 20 heavy (non-hydrogen) atoms. The number of nitrogens with one attached hydrogen (secondary N) is 1. The van der Waals surface area contributed by atoms with Gasteiger partial charge in [-0.1, -0.05) is 12.1 Å². The van der Waals surface area contributed by atoms with E-state index < -0.39 is 0 Å². The smallest absolute Gasteiger partial charge is 0.261 e. The van der Waals surface area contributed by atoms with Gasteiger partial charge in [0.1, 0.15) is 5.75 Å². The number of aromatic nitrogens is 1. The molecular weight excluding hydrogens is 254 g/mol. The van der Waals surface area contributed by atoms with Crippen molar-refractivity contribution in [2.45, 2.75) is 13.5 Å². The van der Waals surface area contributed by atoms with Gasteiger partial charge in [-0.15, -0.1) is 0 Å². The lowest BCUT2D eigenvalue weighted by Crippen LogP contribution is -2.27. The number of nitrogens with zero attached hydrogens (tertiary/aromatic N) is 1. The minimum absolute atomic E-state index is 0.226. The molecule has 0 fully saturated rings. The number of hydrogen-bond acceptors (Lipinski definition) is 4. The monoisotopic (exact) mass is 271 g/mol. The van der Waals surface area contributed by atoms with Crippen LogP contribution in [0.1, 0.15) is 16.8 Å². The van der Waals surface area contributed by atoms with Crippen LogP contribution in [0.2, 0.25) is 0 Å². The number of nitrogen functional groups attached to an aromatic ring is 1. The number of aryl methyl sites for hydroxylation is 1. The number of hydrogen-bond donors (Lipinski definition) is 2. The molecule has 0 unspecified atom stereocenters. The summed E-state index contributed by atoms with van der Waals surface area (Å²) in [5, 5.41) is 7.29. The molecule has 0 saturated heterocycles. The van der Waals surface area contributed by atoms with E-state index in [-0.39, 0.29) is 11.1 Å². The number of nitrogens with two attached hydrogens (primary N) is 1. The molecule has 5 nitrogen and oxygen atoms in total. The molecule has 2 aromatic rings. The first-order valence-corrected chi connectivity index (χ1v) is 6.20. The van der Waals surface area contributed by atoms with Crippen LogP contribution in [-0.2, 0) is 6.54 Å². The van der Waals surface area contributed by atoms with Crippen LogP contribution in [0.5, 0.6) is 5.75 Å². The number of methoxy groups -OCH3 is 1. The number of benzene rings is 1. The number of pyridine rings is 1. The van der Waals surface area contributed by atoms with Crippen molar-refractivity contribution in [1.82, 2.24) is 4.57 Å². The van der Waals surface area contributed by atoms with Gasteiger partial charge in [0.25, 0.3) is 5.56 Å². The van der Waals surface area contributed by atoms with E-state index in [0.29, 0.717) is 12.2 Å². The molecule has 3 N–H and O–H groups in total. The van der Waals surface area contributed by atoms with E-state index in [4.69, 9.17) is 15.9 Å². The van der Waals surface area contributed by atoms with Crippen molar-refractivity contribution in [2.75, 3.05) is 12.8 Å². The number of ether oxygens (including phenoxy) is 1. The zero-order chi connectivity index (χ0) is 14.7. The zero-order valence-corrected chi connectivity index (χ0v) is 11.5. The van der Waals surface area contributed by atoms with Crippen molar-refractivity contribution in [3.05, 3.63) is 57.5 Å². The van der Waals surface area contributed by atoms with Gasteiger partial charge in [-0.25, -0.2) is 0 Å². The Balaban J connectivity index is 2.42. The Morgan fingerprint density at radius 2 is 2.00 bits per heavy atom. The maximum absolute atomic E-state index is 12.3. The minimum Gasteiger partial charge on any atom is -0.497 e. The highest BCUT2D eigenvalue weighted by Crippen LogP contribution is 2.14. The van der Waals surface area contributed by atoms with Crippen molar-refractivity contribution in [1.29, 1.82) is 5.41 Å². The molecule has 0 aliphatic heterocycles. The molecule has 0 spiro atoms. The van der Waals surface area contributed by atoms with Gasteiger partial charge < -0.3 is 20.4 Å². The first kappa shape index (κ1) is 13.9. The van der Waals surface area contributed by atoms with E-state index in [1.807, 2.05) is 31.2 Å². The summed E-state index contributed by atoms with van der Waals surface area (Å²) in [4.78, 5) is 12.3. The summed E-state index contributed by atoms with van der Waals surface area (Å²) in [6, 6.07) is 9.23. The fourth-order valence-electron chi connectivity index (χ4n) is 2.06. The van der Waals surface area contributed by atoms with Crippen LogP contribution in [0.15, 0.2) is 35.1 Å². The first-order valence-electron chi connectivity index (χ1n) is 6.20.